The van der Waals surface area contributed by atoms with E-state index in [1.54, 1.807) is 17.8 Å². The van der Waals surface area contributed by atoms with Crippen LogP contribution in [0.15, 0.2) is 53.0 Å². The number of nitrogens with one attached hydrogen (secondary N) is 2. The molecule has 0 saturated heterocycles. The second kappa shape index (κ2) is 9.63. The zero-order chi connectivity index (χ0) is 18.2. The Morgan fingerprint density at radius 3 is 2.52 bits per heavy atom. The van der Waals surface area contributed by atoms with Gasteiger partial charge in [0, 0.05) is 15.7 Å². The van der Waals surface area contributed by atoms with Gasteiger partial charge in [-0.15, -0.1) is 0 Å². The molecule has 0 bridgehead atoms. The number of halogens is 1. The Morgan fingerprint density at radius 1 is 1.16 bits per heavy atom. The van der Waals surface area contributed by atoms with E-state index >= 15 is 0 Å². The van der Waals surface area contributed by atoms with Crippen LogP contribution >= 0.6 is 27.7 Å². The zero-order valence-electron chi connectivity index (χ0n) is 14.2. The smallest absolute Gasteiger partial charge is 0.251 e. The van der Waals surface area contributed by atoms with Gasteiger partial charge in [-0.2, -0.15) is 11.8 Å². The van der Waals surface area contributed by atoms with Crippen molar-refractivity contribution < 1.29 is 9.59 Å². The van der Waals surface area contributed by atoms with Crippen molar-refractivity contribution in [3.8, 4) is 0 Å². The van der Waals surface area contributed by atoms with Crippen LogP contribution in [-0.4, -0.2) is 29.9 Å². The maximum atomic E-state index is 12.6. The normalized spacial score (nSPS) is 11.6. The van der Waals surface area contributed by atoms with Gasteiger partial charge >= 0.3 is 0 Å². The van der Waals surface area contributed by atoms with Gasteiger partial charge < -0.3 is 10.6 Å². The molecule has 132 valence electrons. The maximum Gasteiger partial charge on any atom is 0.251 e. The third-order valence-corrected chi connectivity index (χ3v) is 4.80. The van der Waals surface area contributed by atoms with E-state index in [0.29, 0.717) is 17.7 Å². The first-order valence-electron chi connectivity index (χ1n) is 7.92. The number of amides is 2. The number of carbonyl (C=O) groups is 2. The molecule has 0 aliphatic rings. The molecule has 0 spiro atoms. The highest BCUT2D eigenvalue weighted by atomic mass is 79.9. The monoisotopic (exact) mass is 420 g/mol. The molecule has 2 amide bonds. The molecule has 6 heteroatoms. The molecular formula is C19H21BrN2O2S. The van der Waals surface area contributed by atoms with Crippen molar-refractivity contribution >= 4 is 45.2 Å². The number of thioether (sulfide) groups is 1. The van der Waals surface area contributed by atoms with Gasteiger partial charge in [0.1, 0.15) is 6.04 Å². The number of carbonyl (C=O) groups excluding carboxylic acids is 2. The first-order chi connectivity index (χ1) is 12.0. The molecule has 2 aromatic rings. The van der Waals surface area contributed by atoms with E-state index in [4.69, 9.17) is 0 Å². The van der Waals surface area contributed by atoms with Crippen molar-refractivity contribution in [2.24, 2.45) is 0 Å². The molecule has 1 atom stereocenters. The Morgan fingerprint density at radius 2 is 1.88 bits per heavy atom. The molecule has 1 unspecified atom stereocenters. The van der Waals surface area contributed by atoms with E-state index in [1.165, 1.54) is 0 Å². The quantitative estimate of drug-likeness (QED) is 0.703. The summed E-state index contributed by atoms with van der Waals surface area (Å²) in [7, 11) is 0. The molecule has 25 heavy (non-hydrogen) atoms. The SMILES string of the molecule is CSCCC(NC(=O)c1cccc(C)c1)C(=O)Nc1ccc(Br)cc1. The summed E-state index contributed by atoms with van der Waals surface area (Å²) in [5.74, 6) is 0.338. The van der Waals surface area contributed by atoms with Crippen molar-refractivity contribution in [1.29, 1.82) is 0 Å². The summed E-state index contributed by atoms with van der Waals surface area (Å²) in [5, 5.41) is 5.72. The van der Waals surface area contributed by atoms with Crippen LogP contribution in [0.2, 0.25) is 0 Å². The van der Waals surface area contributed by atoms with E-state index in [0.717, 1.165) is 15.8 Å². The van der Waals surface area contributed by atoms with Crippen LogP contribution in [0.3, 0.4) is 0 Å². The highest BCUT2D eigenvalue weighted by Crippen LogP contribution is 2.15. The van der Waals surface area contributed by atoms with Crippen molar-refractivity contribution in [1.82, 2.24) is 5.32 Å². The Balaban J connectivity index is 2.07. The molecule has 2 aromatic carbocycles. The van der Waals surface area contributed by atoms with Gasteiger partial charge in [0.2, 0.25) is 5.91 Å². The summed E-state index contributed by atoms with van der Waals surface area (Å²) in [6.07, 6.45) is 2.55. The molecule has 0 saturated carbocycles. The lowest BCUT2D eigenvalue weighted by Gasteiger charge is -2.18. The predicted molar refractivity (Wildman–Crippen MR) is 108 cm³/mol. The largest absolute Gasteiger partial charge is 0.340 e. The topological polar surface area (TPSA) is 58.2 Å². The molecule has 0 heterocycles. The van der Waals surface area contributed by atoms with Gasteiger partial charge in [-0.3, -0.25) is 9.59 Å². The second-order valence-corrected chi connectivity index (χ2v) is 7.57. The highest BCUT2D eigenvalue weighted by molar-refractivity contribution is 9.10. The van der Waals surface area contributed by atoms with Crippen molar-refractivity contribution in [2.45, 2.75) is 19.4 Å². The summed E-state index contributed by atoms with van der Waals surface area (Å²) >= 11 is 5.01. The van der Waals surface area contributed by atoms with Crippen LogP contribution in [0.4, 0.5) is 5.69 Å². The summed E-state index contributed by atoms with van der Waals surface area (Å²) in [4.78, 5) is 25.1. The summed E-state index contributed by atoms with van der Waals surface area (Å²) < 4.78 is 0.942. The molecule has 0 aromatic heterocycles. The fourth-order valence-corrected chi connectivity index (χ4v) is 3.03. The second-order valence-electron chi connectivity index (χ2n) is 5.67. The van der Waals surface area contributed by atoms with E-state index in [-0.39, 0.29) is 11.8 Å². The highest BCUT2D eigenvalue weighted by Gasteiger charge is 2.21. The average molecular weight is 421 g/mol. The third-order valence-electron chi connectivity index (χ3n) is 3.62. The summed E-state index contributed by atoms with van der Waals surface area (Å²) in [6.45, 7) is 1.93. The van der Waals surface area contributed by atoms with Gasteiger partial charge in [-0.1, -0.05) is 33.6 Å². The minimum atomic E-state index is -0.580. The Bertz CT molecular complexity index is 734. The third kappa shape index (κ3) is 6.21. The van der Waals surface area contributed by atoms with Crippen molar-refractivity contribution in [2.75, 3.05) is 17.3 Å². The number of hydrogen-bond donors (Lipinski definition) is 2. The van der Waals surface area contributed by atoms with Gasteiger partial charge in [0.25, 0.3) is 5.91 Å². The number of benzene rings is 2. The maximum absolute atomic E-state index is 12.6. The molecule has 4 nitrogen and oxygen atoms in total. The first kappa shape index (κ1) is 19.5. The Kier molecular flexibility index (Phi) is 7.52. The van der Waals surface area contributed by atoms with Crippen LogP contribution in [-0.2, 0) is 4.79 Å². The van der Waals surface area contributed by atoms with E-state index < -0.39 is 6.04 Å². The molecular weight excluding hydrogens is 400 g/mol. The van der Waals surface area contributed by atoms with E-state index in [9.17, 15) is 9.59 Å². The van der Waals surface area contributed by atoms with E-state index in [1.807, 2.05) is 55.6 Å². The van der Waals surface area contributed by atoms with E-state index in [2.05, 4.69) is 26.6 Å². The van der Waals surface area contributed by atoms with Crippen LogP contribution < -0.4 is 10.6 Å². The molecule has 0 radical (unpaired) electrons. The van der Waals surface area contributed by atoms with Crippen LogP contribution in [0.25, 0.3) is 0 Å². The Labute approximate surface area is 160 Å². The number of rotatable bonds is 7. The standard InChI is InChI=1S/C19H21BrN2O2S/c1-13-4-3-5-14(12-13)18(23)22-17(10-11-25-2)19(24)21-16-8-6-15(20)7-9-16/h3-9,12,17H,10-11H2,1-2H3,(H,21,24)(H,22,23). The fraction of sp³-hybridized carbons (Fsp3) is 0.263. The zero-order valence-corrected chi connectivity index (χ0v) is 16.6. The fourth-order valence-electron chi connectivity index (χ4n) is 2.29. The average Bonchev–Trinajstić information content (AvgIpc) is 2.60. The van der Waals surface area contributed by atoms with Crippen LogP contribution in [0.1, 0.15) is 22.3 Å². The van der Waals surface area contributed by atoms with Gasteiger partial charge in [-0.05, 0) is 61.8 Å². The minimum absolute atomic E-state index is 0.211. The van der Waals surface area contributed by atoms with Gasteiger partial charge in [0.15, 0.2) is 0 Å². The summed E-state index contributed by atoms with van der Waals surface area (Å²) in [5.41, 5.74) is 2.27. The summed E-state index contributed by atoms with van der Waals surface area (Å²) in [6, 6.07) is 14.1. The molecule has 0 aliphatic carbocycles. The number of hydrogen-bond acceptors (Lipinski definition) is 3. The number of anilines is 1. The molecule has 2 rings (SSSR count). The van der Waals surface area contributed by atoms with Crippen LogP contribution in [0, 0.1) is 6.92 Å². The van der Waals surface area contributed by atoms with Gasteiger partial charge in [0.05, 0.1) is 0 Å². The van der Waals surface area contributed by atoms with Crippen molar-refractivity contribution in [3.63, 3.8) is 0 Å². The van der Waals surface area contributed by atoms with Crippen molar-refractivity contribution in [3.05, 3.63) is 64.1 Å². The predicted octanol–water partition coefficient (Wildman–Crippen LogP) is 4.25. The molecule has 0 aliphatic heterocycles. The Hall–Kier alpha value is -1.79. The lowest BCUT2D eigenvalue weighted by atomic mass is 10.1. The molecule has 2 N–H and O–H groups in total. The van der Waals surface area contributed by atoms with Gasteiger partial charge in [-0.25, -0.2) is 0 Å². The lowest BCUT2D eigenvalue weighted by Crippen LogP contribution is -2.44. The lowest BCUT2D eigenvalue weighted by molar-refractivity contribution is -0.118. The molecule has 0 fully saturated rings. The minimum Gasteiger partial charge on any atom is -0.340 e. The first-order valence-corrected chi connectivity index (χ1v) is 10.1. The number of aryl methyl sites for hydroxylation is 1. The van der Waals surface area contributed by atoms with Crippen LogP contribution in [0.5, 0.6) is 0 Å².